The number of H-pyrrole nitrogens is 1. The van der Waals surface area contributed by atoms with Gasteiger partial charge in [-0.3, -0.25) is 0 Å². The molecule has 2 aromatic heterocycles. The van der Waals surface area contributed by atoms with Crippen molar-refractivity contribution in [3.63, 3.8) is 0 Å². The van der Waals surface area contributed by atoms with Crippen LogP contribution < -0.4 is 10.5 Å². The Balaban J connectivity index is 1.96. The molecular weight excluding hydrogens is 370 g/mol. The van der Waals surface area contributed by atoms with Crippen LogP contribution in [0.3, 0.4) is 0 Å². The molecule has 3 N–H and O–H groups in total. The minimum atomic E-state index is 0.694. The molecule has 0 unspecified atom stereocenters. The van der Waals surface area contributed by atoms with Crippen LogP contribution in [0, 0.1) is 6.92 Å². The summed E-state index contributed by atoms with van der Waals surface area (Å²) in [5.41, 5.74) is 12.0. The second-order valence-electron chi connectivity index (χ2n) is 7.10. The largest absolute Gasteiger partial charge is 0.496 e. The number of nitrogens with one attached hydrogen (secondary N) is 1. The molecule has 0 aliphatic rings. The predicted molar refractivity (Wildman–Crippen MR) is 117 cm³/mol. The highest BCUT2D eigenvalue weighted by Gasteiger charge is 2.18. The lowest BCUT2D eigenvalue weighted by molar-refractivity contribution is 0.419. The summed E-state index contributed by atoms with van der Waals surface area (Å²) in [6.45, 7) is 2.77. The monoisotopic (exact) mass is 393 g/mol. The Labute approximate surface area is 169 Å². The average molecular weight is 394 g/mol. The maximum Gasteiger partial charge on any atom is 0.130 e. The van der Waals surface area contributed by atoms with Gasteiger partial charge >= 0.3 is 0 Å². The predicted octanol–water partition coefficient (Wildman–Crippen LogP) is 5.63. The van der Waals surface area contributed by atoms with Crippen LogP contribution in [0.4, 0.5) is 0 Å². The zero-order valence-electron chi connectivity index (χ0n) is 16.2. The first kappa shape index (κ1) is 18.8. The fourth-order valence-electron chi connectivity index (χ4n) is 3.85. The first-order chi connectivity index (χ1) is 13.6. The van der Waals surface area contributed by atoms with Crippen molar-refractivity contribution < 1.29 is 4.74 Å². The summed E-state index contributed by atoms with van der Waals surface area (Å²) < 4.78 is 5.65. The summed E-state index contributed by atoms with van der Waals surface area (Å²) >= 11 is 6.37. The highest BCUT2D eigenvalue weighted by atomic mass is 35.5. The smallest absolute Gasteiger partial charge is 0.130 e. The van der Waals surface area contributed by atoms with E-state index in [4.69, 9.17) is 27.1 Å². The Kier molecular flexibility index (Phi) is 5.25. The van der Waals surface area contributed by atoms with Crippen LogP contribution in [0.15, 0.2) is 42.5 Å². The molecule has 0 atom stereocenters. The molecule has 0 radical (unpaired) electrons. The van der Waals surface area contributed by atoms with Crippen molar-refractivity contribution in [3.8, 4) is 17.1 Å². The molecular formula is C23H24ClN3O. The minimum absolute atomic E-state index is 0.694. The third-order valence-electron chi connectivity index (χ3n) is 5.21. The maximum absolute atomic E-state index is 6.37. The molecule has 0 saturated carbocycles. The summed E-state index contributed by atoms with van der Waals surface area (Å²) in [5.74, 6) is 0.821. The molecule has 2 heterocycles. The number of para-hydroxylation sites is 1. The molecule has 0 fully saturated rings. The number of hydrogen-bond donors (Lipinski definition) is 2. The highest BCUT2D eigenvalue weighted by molar-refractivity contribution is 6.31. The van der Waals surface area contributed by atoms with Crippen LogP contribution in [0.5, 0.6) is 5.75 Å². The van der Waals surface area contributed by atoms with E-state index in [1.54, 1.807) is 7.11 Å². The number of methoxy groups -OCH3 is 1. The van der Waals surface area contributed by atoms with Crippen LogP contribution in [-0.2, 0) is 6.42 Å². The maximum atomic E-state index is 6.37. The van der Waals surface area contributed by atoms with Gasteiger partial charge in [0, 0.05) is 27.4 Å². The molecule has 4 aromatic rings. The third-order valence-corrected chi connectivity index (χ3v) is 5.43. The number of hydrogen-bond acceptors (Lipinski definition) is 3. The van der Waals surface area contributed by atoms with E-state index in [1.165, 1.54) is 5.56 Å². The van der Waals surface area contributed by atoms with E-state index in [1.807, 2.05) is 42.5 Å². The third kappa shape index (κ3) is 3.34. The van der Waals surface area contributed by atoms with E-state index < -0.39 is 0 Å². The van der Waals surface area contributed by atoms with E-state index in [0.717, 1.165) is 68.8 Å². The zero-order valence-corrected chi connectivity index (χ0v) is 16.9. The van der Waals surface area contributed by atoms with Crippen molar-refractivity contribution in [3.05, 3.63) is 58.6 Å². The summed E-state index contributed by atoms with van der Waals surface area (Å²) in [6.07, 6.45) is 2.93. The highest BCUT2D eigenvalue weighted by Crippen LogP contribution is 2.37. The van der Waals surface area contributed by atoms with Gasteiger partial charge in [0.1, 0.15) is 5.75 Å². The number of pyridine rings is 1. The SMILES string of the molecule is COc1cc(-c2[nH]c3c(C)cc(Cl)cc3c2CCCCN)nc2ccccc12. The fraction of sp³-hybridized carbons (Fsp3) is 0.261. The van der Waals surface area contributed by atoms with Gasteiger partial charge in [-0.15, -0.1) is 0 Å². The molecule has 0 amide bonds. The van der Waals surface area contributed by atoms with E-state index >= 15 is 0 Å². The van der Waals surface area contributed by atoms with Gasteiger partial charge in [-0.25, -0.2) is 4.98 Å². The van der Waals surface area contributed by atoms with Gasteiger partial charge in [0.05, 0.1) is 24.0 Å². The molecule has 0 aliphatic carbocycles. The van der Waals surface area contributed by atoms with Gasteiger partial charge in [-0.05, 0) is 68.1 Å². The van der Waals surface area contributed by atoms with Gasteiger partial charge in [0.25, 0.3) is 0 Å². The van der Waals surface area contributed by atoms with E-state index in [0.29, 0.717) is 6.54 Å². The second-order valence-corrected chi connectivity index (χ2v) is 7.53. The van der Waals surface area contributed by atoms with E-state index in [9.17, 15) is 0 Å². The van der Waals surface area contributed by atoms with Crippen molar-refractivity contribution in [1.29, 1.82) is 0 Å². The quantitative estimate of drug-likeness (QED) is 0.417. The average Bonchev–Trinajstić information content (AvgIpc) is 3.06. The van der Waals surface area contributed by atoms with Gasteiger partial charge in [0.2, 0.25) is 0 Å². The summed E-state index contributed by atoms with van der Waals surface area (Å²) in [6, 6.07) is 14.1. The molecule has 0 spiro atoms. The lowest BCUT2D eigenvalue weighted by Crippen LogP contribution is -1.99. The molecule has 0 bridgehead atoms. The topological polar surface area (TPSA) is 63.9 Å². The number of benzene rings is 2. The molecule has 2 aromatic carbocycles. The summed E-state index contributed by atoms with van der Waals surface area (Å²) in [7, 11) is 1.70. The van der Waals surface area contributed by atoms with Crippen LogP contribution in [0.2, 0.25) is 5.02 Å². The number of aryl methyl sites for hydroxylation is 2. The number of unbranched alkanes of at least 4 members (excludes halogenated alkanes) is 1. The van der Waals surface area contributed by atoms with Gasteiger partial charge in [-0.1, -0.05) is 23.7 Å². The Morgan fingerprint density at radius 3 is 2.71 bits per heavy atom. The second kappa shape index (κ2) is 7.82. The molecule has 4 nitrogen and oxygen atoms in total. The van der Waals surface area contributed by atoms with Crippen molar-refractivity contribution in [2.75, 3.05) is 13.7 Å². The molecule has 28 heavy (non-hydrogen) atoms. The normalized spacial score (nSPS) is 11.4. The Bertz CT molecular complexity index is 1150. The van der Waals surface area contributed by atoms with Crippen molar-refractivity contribution in [2.24, 2.45) is 5.73 Å². The number of fused-ring (bicyclic) bond motifs is 2. The Morgan fingerprint density at radius 1 is 1.11 bits per heavy atom. The lowest BCUT2D eigenvalue weighted by atomic mass is 10.0. The number of nitrogens with zero attached hydrogens (tertiary/aromatic N) is 1. The number of aromatic amines is 1. The zero-order chi connectivity index (χ0) is 19.7. The van der Waals surface area contributed by atoms with Gasteiger partial charge in [0.15, 0.2) is 0 Å². The van der Waals surface area contributed by atoms with Crippen molar-refractivity contribution >= 4 is 33.4 Å². The molecule has 0 aliphatic heterocycles. The summed E-state index contributed by atoms with van der Waals surface area (Å²) in [4.78, 5) is 8.53. The lowest BCUT2D eigenvalue weighted by Gasteiger charge is -2.10. The van der Waals surface area contributed by atoms with Gasteiger partial charge < -0.3 is 15.5 Å². The number of nitrogens with two attached hydrogens (primary N) is 1. The fourth-order valence-corrected chi connectivity index (χ4v) is 4.12. The Hall–Kier alpha value is -2.56. The Morgan fingerprint density at radius 2 is 1.93 bits per heavy atom. The minimum Gasteiger partial charge on any atom is -0.496 e. The van der Waals surface area contributed by atoms with E-state index in [-0.39, 0.29) is 0 Å². The molecule has 0 saturated heterocycles. The van der Waals surface area contributed by atoms with Crippen LogP contribution in [-0.4, -0.2) is 23.6 Å². The molecule has 144 valence electrons. The first-order valence-electron chi connectivity index (χ1n) is 9.57. The standard InChI is InChI=1S/C23H24ClN3O/c1-14-11-15(24)12-18-16(7-5-6-10-25)23(27-22(14)18)20-13-21(28-2)17-8-3-4-9-19(17)26-20/h3-4,8-9,11-13,27H,5-7,10,25H2,1-2H3. The summed E-state index contributed by atoms with van der Waals surface area (Å²) in [5, 5.41) is 2.92. The van der Waals surface area contributed by atoms with E-state index in [2.05, 4.69) is 11.9 Å². The van der Waals surface area contributed by atoms with Crippen molar-refractivity contribution in [1.82, 2.24) is 9.97 Å². The number of halogens is 1. The van der Waals surface area contributed by atoms with Gasteiger partial charge in [-0.2, -0.15) is 0 Å². The number of ether oxygens (including phenoxy) is 1. The van der Waals surface area contributed by atoms with Crippen LogP contribution >= 0.6 is 11.6 Å². The molecule has 5 heteroatoms. The number of aromatic nitrogens is 2. The van der Waals surface area contributed by atoms with Crippen LogP contribution in [0.25, 0.3) is 33.2 Å². The number of rotatable bonds is 6. The van der Waals surface area contributed by atoms with Crippen LogP contribution in [0.1, 0.15) is 24.0 Å². The first-order valence-corrected chi connectivity index (χ1v) is 9.95. The molecule has 4 rings (SSSR count). The van der Waals surface area contributed by atoms with Crippen molar-refractivity contribution in [2.45, 2.75) is 26.2 Å².